The van der Waals surface area contributed by atoms with E-state index >= 15 is 0 Å². The number of hydrogen-bond donors (Lipinski definition) is 1. The van der Waals surface area contributed by atoms with Crippen LogP contribution in [0.2, 0.25) is 0 Å². The van der Waals surface area contributed by atoms with E-state index in [4.69, 9.17) is 9.47 Å². The molecule has 0 radical (unpaired) electrons. The first-order valence-corrected chi connectivity index (χ1v) is 10.5. The maximum atomic E-state index is 11.4. The normalized spacial score (nSPS) is 39.2. The second kappa shape index (κ2) is 8.59. The van der Waals surface area contributed by atoms with Gasteiger partial charge in [-0.05, 0) is 74.0 Å². The van der Waals surface area contributed by atoms with E-state index in [1.807, 2.05) is 6.92 Å². The number of rotatable bonds is 1. The fourth-order valence-electron chi connectivity index (χ4n) is 7.01. The standard InChI is InChI=1S/C23H32O3.3H2S/c1-15(2)23(24)11-8-20-19-5-4-16-14-22(25-12-13-26-22)10-7-17(16)18(19)6-9-21(20,23)3;;;/h6,19-20,24H,1,4-5,7-14H2,2-3H3;3*1H2/t19-,20+,21+,23-;;;/m1.../s1. The van der Waals surface area contributed by atoms with E-state index in [2.05, 4.69) is 19.6 Å². The van der Waals surface area contributed by atoms with Gasteiger partial charge in [0.15, 0.2) is 5.79 Å². The lowest BCUT2D eigenvalue weighted by Gasteiger charge is -2.51. The Kier molecular flexibility index (Phi) is 7.53. The molecule has 0 unspecified atom stereocenters. The molecule has 1 saturated carbocycles. The second-order valence-electron chi connectivity index (χ2n) is 9.58. The molecule has 1 N–H and O–H groups in total. The van der Waals surface area contributed by atoms with E-state index in [0.717, 1.165) is 57.3 Å². The predicted molar refractivity (Wildman–Crippen MR) is 133 cm³/mol. The average molecular weight is 459 g/mol. The van der Waals surface area contributed by atoms with Gasteiger partial charge in [0, 0.05) is 18.3 Å². The van der Waals surface area contributed by atoms with Crippen LogP contribution in [0.4, 0.5) is 0 Å². The zero-order chi connectivity index (χ0) is 18.2. The van der Waals surface area contributed by atoms with E-state index in [-0.39, 0.29) is 51.7 Å². The lowest BCUT2D eigenvalue weighted by atomic mass is 9.55. The summed E-state index contributed by atoms with van der Waals surface area (Å²) in [5.74, 6) is 0.872. The molecule has 5 rings (SSSR count). The van der Waals surface area contributed by atoms with E-state index < -0.39 is 5.60 Å². The third-order valence-corrected chi connectivity index (χ3v) is 8.50. The van der Waals surface area contributed by atoms with Gasteiger partial charge in [-0.1, -0.05) is 25.2 Å². The molecule has 0 aromatic carbocycles. The molecule has 6 heteroatoms. The van der Waals surface area contributed by atoms with Crippen LogP contribution in [-0.2, 0) is 9.47 Å². The molecule has 5 aliphatic rings. The number of fused-ring (bicyclic) bond motifs is 4. The molecule has 1 saturated heterocycles. The summed E-state index contributed by atoms with van der Waals surface area (Å²) >= 11 is 0. The maximum absolute atomic E-state index is 11.4. The van der Waals surface area contributed by atoms with Crippen molar-refractivity contribution < 1.29 is 14.6 Å². The fraction of sp³-hybridized carbons (Fsp3) is 0.739. The first-order chi connectivity index (χ1) is 12.4. The van der Waals surface area contributed by atoms with E-state index in [9.17, 15) is 5.11 Å². The molecule has 0 bridgehead atoms. The van der Waals surface area contributed by atoms with Crippen LogP contribution >= 0.6 is 40.5 Å². The van der Waals surface area contributed by atoms with Gasteiger partial charge in [-0.3, -0.25) is 0 Å². The lowest BCUT2D eigenvalue weighted by Crippen LogP contribution is -2.49. The van der Waals surface area contributed by atoms with Crippen LogP contribution in [0.3, 0.4) is 0 Å². The Morgan fingerprint density at radius 3 is 2.45 bits per heavy atom. The molecule has 4 aliphatic carbocycles. The minimum atomic E-state index is -0.698. The third kappa shape index (κ3) is 3.50. The van der Waals surface area contributed by atoms with Gasteiger partial charge in [0.2, 0.25) is 0 Å². The summed E-state index contributed by atoms with van der Waals surface area (Å²) in [6.07, 6.45) is 10.9. The monoisotopic (exact) mass is 458 g/mol. The van der Waals surface area contributed by atoms with Crippen LogP contribution in [0.1, 0.15) is 65.2 Å². The van der Waals surface area contributed by atoms with Crippen molar-refractivity contribution in [2.75, 3.05) is 13.2 Å². The lowest BCUT2D eigenvalue weighted by molar-refractivity contribution is -0.164. The summed E-state index contributed by atoms with van der Waals surface area (Å²) in [6, 6.07) is 0. The van der Waals surface area contributed by atoms with Crippen molar-refractivity contribution in [1.29, 1.82) is 0 Å². The highest BCUT2D eigenvalue weighted by molar-refractivity contribution is 7.59. The van der Waals surface area contributed by atoms with Gasteiger partial charge in [-0.25, -0.2) is 0 Å². The molecule has 0 aromatic heterocycles. The third-order valence-electron chi connectivity index (χ3n) is 8.50. The van der Waals surface area contributed by atoms with Gasteiger partial charge in [0.05, 0.1) is 18.8 Å². The van der Waals surface area contributed by atoms with Gasteiger partial charge >= 0.3 is 0 Å². The zero-order valence-corrected chi connectivity index (χ0v) is 20.8. The van der Waals surface area contributed by atoms with Crippen molar-refractivity contribution in [1.82, 2.24) is 0 Å². The fourth-order valence-corrected chi connectivity index (χ4v) is 7.01. The average Bonchev–Trinajstić information content (AvgIpc) is 3.18. The summed E-state index contributed by atoms with van der Waals surface area (Å²) in [4.78, 5) is 0. The molecule has 166 valence electrons. The Labute approximate surface area is 196 Å². The van der Waals surface area contributed by atoms with Gasteiger partial charge < -0.3 is 14.6 Å². The van der Waals surface area contributed by atoms with Crippen LogP contribution in [-0.4, -0.2) is 29.7 Å². The van der Waals surface area contributed by atoms with Gasteiger partial charge in [-0.2, -0.15) is 40.5 Å². The van der Waals surface area contributed by atoms with Crippen molar-refractivity contribution in [2.24, 2.45) is 17.3 Å². The summed E-state index contributed by atoms with van der Waals surface area (Å²) in [7, 11) is 0. The van der Waals surface area contributed by atoms with E-state index in [0.29, 0.717) is 11.8 Å². The number of ether oxygens (including phenoxy) is 2. The van der Waals surface area contributed by atoms with Crippen molar-refractivity contribution in [3.8, 4) is 0 Å². The summed E-state index contributed by atoms with van der Waals surface area (Å²) in [5, 5.41) is 11.4. The second-order valence-corrected chi connectivity index (χ2v) is 9.58. The predicted octanol–water partition coefficient (Wildman–Crippen LogP) is 5.01. The molecular weight excluding hydrogens is 420 g/mol. The van der Waals surface area contributed by atoms with Crippen LogP contribution in [0, 0.1) is 17.3 Å². The molecule has 29 heavy (non-hydrogen) atoms. The largest absolute Gasteiger partial charge is 0.385 e. The smallest absolute Gasteiger partial charge is 0.172 e. The van der Waals surface area contributed by atoms with Crippen molar-refractivity contribution in [2.45, 2.75) is 76.6 Å². The molecule has 0 amide bonds. The topological polar surface area (TPSA) is 38.7 Å². The SMILES string of the molecule is C=C(C)[C@]1(O)CC[C@H]2[C@@H]3CCC4=C(CCC5(C4)OCCO5)C3=CC[C@@]21C.S.S.S. The molecule has 0 aromatic rings. The van der Waals surface area contributed by atoms with Crippen molar-refractivity contribution >= 4 is 40.5 Å². The van der Waals surface area contributed by atoms with Crippen molar-refractivity contribution in [3.63, 3.8) is 0 Å². The zero-order valence-electron chi connectivity index (χ0n) is 17.8. The Bertz CT molecular complexity index is 725. The molecule has 4 atom stereocenters. The minimum Gasteiger partial charge on any atom is -0.385 e. The van der Waals surface area contributed by atoms with Crippen LogP contribution in [0.5, 0.6) is 0 Å². The first-order valence-electron chi connectivity index (χ1n) is 10.5. The summed E-state index contributed by atoms with van der Waals surface area (Å²) < 4.78 is 12.0. The molecule has 1 heterocycles. The molecule has 1 spiro atoms. The highest BCUT2D eigenvalue weighted by atomic mass is 32.1. The highest BCUT2D eigenvalue weighted by Gasteiger charge is 2.60. The molecule has 2 fully saturated rings. The highest BCUT2D eigenvalue weighted by Crippen LogP contribution is 2.64. The van der Waals surface area contributed by atoms with E-state index in [1.165, 1.54) is 12.8 Å². The van der Waals surface area contributed by atoms with Crippen LogP contribution in [0.15, 0.2) is 34.9 Å². The van der Waals surface area contributed by atoms with Gasteiger partial charge in [0.1, 0.15) is 0 Å². The van der Waals surface area contributed by atoms with Gasteiger partial charge in [-0.15, -0.1) is 0 Å². The number of allylic oxidation sites excluding steroid dienone is 3. The quantitative estimate of drug-likeness (QED) is 0.561. The maximum Gasteiger partial charge on any atom is 0.172 e. The van der Waals surface area contributed by atoms with Crippen LogP contribution < -0.4 is 0 Å². The summed E-state index contributed by atoms with van der Waals surface area (Å²) in [6.45, 7) is 9.96. The van der Waals surface area contributed by atoms with Gasteiger partial charge in [0.25, 0.3) is 0 Å². The molecule has 1 aliphatic heterocycles. The first kappa shape index (κ1) is 25.4. The Morgan fingerprint density at radius 2 is 1.79 bits per heavy atom. The Balaban J connectivity index is 0.000001000. The molecule has 3 nitrogen and oxygen atoms in total. The Morgan fingerprint density at radius 1 is 1.10 bits per heavy atom. The van der Waals surface area contributed by atoms with Crippen molar-refractivity contribution in [3.05, 3.63) is 34.9 Å². The minimum absolute atomic E-state index is 0. The Hall–Kier alpha value is 0.150. The van der Waals surface area contributed by atoms with E-state index in [1.54, 1.807) is 16.7 Å². The number of hydrogen-bond acceptors (Lipinski definition) is 3. The van der Waals surface area contributed by atoms with Crippen LogP contribution in [0.25, 0.3) is 0 Å². The summed E-state index contributed by atoms with van der Waals surface area (Å²) in [5.41, 5.74) is 4.99. The number of aliphatic hydroxyl groups is 1. The molecular formula is C23H38O3S3.